The third kappa shape index (κ3) is 3.22. The van der Waals surface area contributed by atoms with Gasteiger partial charge in [-0.2, -0.15) is 5.26 Å². The van der Waals surface area contributed by atoms with Gasteiger partial charge in [-0.05, 0) is 35.9 Å². The van der Waals surface area contributed by atoms with Crippen LogP contribution in [0.15, 0.2) is 36.4 Å². The summed E-state index contributed by atoms with van der Waals surface area (Å²) in [4.78, 5) is 15.8. The topological polar surface area (TPSA) is 74.0 Å². The van der Waals surface area contributed by atoms with Crippen molar-refractivity contribution in [2.45, 2.75) is 0 Å². The Labute approximate surface area is 149 Å². The first-order valence-corrected chi connectivity index (χ1v) is 7.99. The van der Waals surface area contributed by atoms with Gasteiger partial charge in [-0.1, -0.05) is 17.7 Å². The largest absolute Gasteiger partial charge is 0.476 e. The molecular formula is C17H7ClF2N2O2S. The highest BCUT2D eigenvalue weighted by atomic mass is 35.5. The van der Waals surface area contributed by atoms with Gasteiger partial charge in [-0.15, -0.1) is 11.3 Å². The molecule has 3 rings (SSSR count). The third-order valence-corrected chi connectivity index (χ3v) is 4.73. The molecule has 0 saturated heterocycles. The lowest BCUT2D eigenvalue weighted by molar-refractivity contribution is 0.0696. The zero-order chi connectivity index (χ0) is 18.1. The van der Waals surface area contributed by atoms with Crippen LogP contribution in [-0.2, 0) is 0 Å². The van der Waals surface area contributed by atoms with Crippen molar-refractivity contribution in [1.29, 1.82) is 5.26 Å². The average Bonchev–Trinajstić information content (AvgIpc) is 3.03. The van der Waals surface area contributed by atoms with Crippen LogP contribution in [0.5, 0.6) is 0 Å². The second kappa shape index (κ2) is 6.59. The summed E-state index contributed by atoms with van der Waals surface area (Å²) in [7, 11) is 0. The van der Waals surface area contributed by atoms with Crippen molar-refractivity contribution in [2.24, 2.45) is 0 Å². The number of aromatic nitrogens is 1. The maximum absolute atomic E-state index is 13.6. The molecule has 4 nitrogen and oxygen atoms in total. The van der Waals surface area contributed by atoms with Gasteiger partial charge in [0.05, 0.1) is 21.2 Å². The van der Waals surface area contributed by atoms with Crippen molar-refractivity contribution in [3.8, 4) is 27.8 Å². The fraction of sp³-hybridized carbons (Fsp3) is 0. The minimum absolute atomic E-state index is 0.134. The van der Waals surface area contributed by atoms with Crippen molar-refractivity contribution >= 4 is 28.9 Å². The van der Waals surface area contributed by atoms with Gasteiger partial charge in [0.25, 0.3) is 0 Å². The lowest BCUT2D eigenvalue weighted by Gasteiger charge is -2.05. The SMILES string of the molecule is N#Cc1cc(-c2sc(C(=O)O)nc2-c2ccc(F)c(Cl)c2)ccc1F. The Morgan fingerprint density at radius 3 is 2.48 bits per heavy atom. The molecule has 0 fully saturated rings. The minimum atomic E-state index is -1.23. The van der Waals surface area contributed by atoms with Crippen molar-refractivity contribution in [1.82, 2.24) is 4.98 Å². The Morgan fingerprint density at radius 2 is 1.84 bits per heavy atom. The first-order valence-electron chi connectivity index (χ1n) is 6.80. The van der Waals surface area contributed by atoms with E-state index in [1.807, 2.05) is 0 Å². The number of carbonyl (C=O) groups is 1. The molecule has 1 aromatic heterocycles. The summed E-state index contributed by atoms with van der Waals surface area (Å²) in [5.41, 5.74) is 0.928. The monoisotopic (exact) mass is 376 g/mol. The normalized spacial score (nSPS) is 10.5. The van der Waals surface area contributed by atoms with Crippen LogP contribution < -0.4 is 0 Å². The van der Waals surface area contributed by atoms with Crippen molar-refractivity contribution < 1.29 is 18.7 Å². The predicted molar refractivity (Wildman–Crippen MR) is 89.6 cm³/mol. The molecule has 8 heteroatoms. The average molecular weight is 377 g/mol. The van der Waals surface area contributed by atoms with Gasteiger partial charge < -0.3 is 5.11 Å². The molecule has 0 saturated carbocycles. The maximum atomic E-state index is 13.6. The molecule has 124 valence electrons. The fourth-order valence-electron chi connectivity index (χ4n) is 2.20. The molecule has 1 N–H and O–H groups in total. The quantitative estimate of drug-likeness (QED) is 0.699. The Balaban J connectivity index is 2.24. The van der Waals surface area contributed by atoms with Crippen LogP contribution in [0.3, 0.4) is 0 Å². The van der Waals surface area contributed by atoms with Crippen LogP contribution in [0.4, 0.5) is 8.78 Å². The lowest BCUT2D eigenvalue weighted by Crippen LogP contribution is -1.94. The molecule has 0 atom stereocenters. The number of benzene rings is 2. The molecule has 0 radical (unpaired) electrons. The van der Waals surface area contributed by atoms with E-state index in [2.05, 4.69) is 4.98 Å². The van der Waals surface area contributed by atoms with Gasteiger partial charge in [-0.25, -0.2) is 18.6 Å². The van der Waals surface area contributed by atoms with E-state index >= 15 is 0 Å². The number of nitrogens with zero attached hydrogens (tertiary/aromatic N) is 2. The molecule has 0 aliphatic rings. The molecule has 3 aromatic rings. The zero-order valence-electron chi connectivity index (χ0n) is 12.3. The molecule has 0 unspecified atom stereocenters. The number of rotatable bonds is 3. The standard InChI is InChI=1S/C17H7ClF2N2O2S/c18-11-6-8(1-4-13(11)20)14-15(25-16(22-14)17(23)24)9-2-3-12(19)10(5-9)7-21/h1-6H,(H,23,24). The van der Waals surface area contributed by atoms with Crippen molar-refractivity contribution in [2.75, 3.05) is 0 Å². The van der Waals surface area contributed by atoms with Crippen LogP contribution >= 0.6 is 22.9 Å². The summed E-state index contributed by atoms with van der Waals surface area (Å²) < 4.78 is 26.9. The molecule has 2 aromatic carbocycles. The predicted octanol–water partition coefficient (Wildman–Crippen LogP) is 4.98. The molecule has 0 bridgehead atoms. The van der Waals surface area contributed by atoms with Gasteiger partial charge in [0.1, 0.15) is 17.7 Å². The zero-order valence-corrected chi connectivity index (χ0v) is 13.8. The number of carboxylic acids is 1. The van der Waals surface area contributed by atoms with Gasteiger partial charge in [-0.3, -0.25) is 0 Å². The number of aromatic carboxylic acids is 1. The molecule has 25 heavy (non-hydrogen) atoms. The molecule has 0 amide bonds. The van der Waals surface area contributed by atoms with E-state index in [4.69, 9.17) is 16.9 Å². The second-order valence-electron chi connectivity index (χ2n) is 4.94. The van der Waals surface area contributed by atoms with Crippen LogP contribution in [0, 0.1) is 23.0 Å². The Morgan fingerprint density at radius 1 is 1.16 bits per heavy atom. The molecular weight excluding hydrogens is 370 g/mol. The Hall–Kier alpha value is -2.82. The summed E-state index contributed by atoms with van der Waals surface area (Å²) in [5.74, 6) is -2.52. The molecule has 1 heterocycles. The summed E-state index contributed by atoms with van der Waals surface area (Å²) in [6, 6.07) is 9.47. The Kier molecular flexibility index (Phi) is 4.49. The molecule has 0 spiro atoms. The van der Waals surface area contributed by atoms with Crippen LogP contribution in [-0.4, -0.2) is 16.1 Å². The summed E-state index contributed by atoms with van der Waals surface area (Å²) in [6.07, 6.45) is 0. The number of halogens is 3. The van der Waals surface area contributed by atoms with Crippen molar-refractivity contribution in [3.05, 3.63) is 63.6 Å². The van der Waals surface area contributed by atoms with Crippen LogP contribution in [0.25, 0.3) is 21.7 Å². The van der Waals surface area contributed by atoms with E-state index in [0.29, 0.717) is 16.0 Å². The second-order valence-corrected chi connectivity index (χ2v) is 6.34. The molecule has 0 aliphatic carbocycles. The number of hydrogen-bond donors (Lipinski definition) is 1. The van der Waals surface area contributed by atoms with Gasteiger partial charge in [0.15, 0.2) is 0 Å². The number of nitriles is 1. The first-order chi connectivity index (χ1) is 11.9. The van der Waals surface area contributed by atoms with Crippen LogP contribution in [0.1, 0.15) is 15.4 Å². The fourth-order valence-corrected chi connectivity index (χ4v) is 3.30. The van der Waals surface area contributed by atoms with E-state index in [-0.39, 0.29) is 21.3 Å². The van der Waals surface area contributed by atoms with E-state index in [1.165, 1.54) is 24.3 Å². The Bertz CT molecular complexity index is 1040. The highest BCUT2D eigenvalue weighted by Crippen LogP contribution is 2.38. The van der Waals surface area contributed by atoms with E-state index in [9.17, 15) is 18.7 Å². The lowest BCUT2D eigenvalue weighted by atomic mass is 10.0. The highest BCUT2D eigenvalue weighted by molar-refractivity contribution is 7.17. The summed E-state index contributed by atoms with van der Waals surface area (Å²) in [6.45, 7) is 0. The van der Waals surface area contributed by atoms with Crippen LogP contribution in [0.2, 0.25) is 5.02 Å². The summed E-state index contributed by atoms with van der Waals surface area (Å²) in [5, 5.41) is 17.9. The smallest absolute Gasteiger partial charge is 0.365 e. The number of thiazole rings is 1. The first kappa shape index (κ1) is 17.0. The van der Waals surface area contributed by atoms with E-state index in [0.717, 1.165) is 23.5 Å². The highest BCUT2D eigenvalue weighted by Gasteiger charge is 2.20. The van der Waals surface area contributed by atoms with Gasteiger partial charge in [0, 0.05) is 5.56 Å². The van der Waals surface area contributed by atoms with Crippen molar-refractivity contribution in [3.63, 3.8) is 0 Å². The van der Waals surface area contributed by atoms with E-state index in [1.54, 1.807) is 6.07 Å². The summed E-state index contributed by atoms with van der Waals surface area (Å²) >= 11 is 6.66. The minimum Gasteiger partial charge on any atom is -0.476 e. The molecule has 0 aliphatic heterocycles. The van der Waals surface area contributed by atoms with Gasteiger partial charge >= 0.3 is 5.97 Å². The van der Waals surface area contributed by atoms with E-state index < -0.39 is 17.6 Å². The number of hydrogen-bond acceptors (Lipinski definition) is 4. The maximum Gasteiger partial charge on any atom is 0.365 e. The van der Waals surface area contributed by atoms with Gasteiger partial charge in [0.2, 0.25) is 5.01 Å². The number of carboxylic acid groups (broad SMARTS) is 1. The third-order valence-electron chi connectivity index (χ3n) is 3.35.